The Bertz CT molecular complexity index is 348. The summed E-state index contributed by atoms with van der Waals surface area (Å²) in [6.45, 7) is 5.90. The van der Waals surface area contributed by atoms with E-state index in [1.807, 2.05) is 12.1 Å². The average Bonchev–Trinajstić information content (AvgIpc) is 2.28. The second kappa shape index (κ2) is 6.90. The van der Waals surface area contributed by atoms with Gasteiger partial charge in [0.1, 0.15) is 0 Å². The lowest BCUT2D eigenvalue weighted by Gasteiger charge is -2.15. The van der Waals surface area contributed by atoms with Crippen LogP contribution in [0.25, 0.3) is 0 Å². The van der Waals surface area contributed by atoms with Crippen molar-refractivity contribution in [3.8, 4) is 11.5 Å². The maximum atomic E-state index is 5.39. The van der Waals surface area contributed by atoms with Gasteiger partial charge in [0.25, 0.3) is 0 Å². The molecule has 3 heteroatoms. The predicted molar refractivity (Wildman–Crippen MR) is 67.8 cm³/mol. The molecule has 0 spiro atoms. The molecule has 3 N–H and O–H groups in total. The van der Waals surface area contributed by atoms with E-state index in [0.29, 0.717) is 0 Å². The van der Waals surface area contributed by atoms with Crippen LogP contribution in [0.5, 0.6) is 11.5 Å². The summed E-state index contributed by atoms with van der Waals surface area (Å²) in [6, 6.07) is 4.03. The Morgan fingerprint density at radius 2 is 1.94 bits per heavy atom. The largest absolute Gasteiger partial charge is 0.493 e. The first kappa shape index (κ1) is 14.5. The first-order chi connectivity index (χ1) is 7.28. The summed E-state index contributed by atoms with van der Waals surface area (Å²) < 4.78 is 10.7. The highest BCUT2D eigenvalue weighted by atomic mass is 16.5. The molecular formula is C13H21NO2. The van der Waals surface area contributed by atoms with Gasteiger partial charge in [0, 0.05) is 5.56 Å². The Kier molecular flexibility index (Phi) is 6.27. The fourth-order valence-corrected chi connectivity index (χ4v) is 1.73. The van der Waals surface area contributed by atoms with Crippen molar-refractivity contribution in [3.05, 3.63) is 35.9 Å². The highest BCUT2D eigenvalue weighted by molar-refractivity contribution is 5.51. The maximum absolute atomic E-state index is 5.39. The fraction of sp³-hybridized carbons (Fsp3) is 0.385. The molecule has 0 aliphatic rings. The van der Waals surface area contributed by atoms with Crippen molar-refractivity contribution in [2.24, 2.45) is 0 Å². The van der Waals surface area contributed by atoms with Gasteiger partial charge in [-0.2, -0.15) is 0 Å². The van der Waals surface area contributed by atoms with Gasteiger partial charge < -0.3 is 15.6 Å². The molecule has 0 unspecified atom stereocenters. The lowest BCUT2D eigenvalue weighted by atomic mass is 10.0. The minimum absolute atomic E-state index is 0. The number of methoxy groups -OCH3 is 2. The number of hydrogen-bond donors (Lipinski definition) is 1. The van der Waals surface area contributed by atoms with E-state index in [4.69, 9.17) is 9.47 Å². The van der Waals surface area contributed by atoms with Crippen molar-refractivity contribution in [2.75, 3.05) is 14.2 Å². The average molecular weight is 223 g/mol. The molecule has 0 aromatic heterocycles. The molecule has 0 radical (unpaired) electrons. The minimum atomic E-state index is 0. The van der Waals surface area contributed by atoms with E-state index in [1.165, 1.54) is 11.1 Å². The van der Waals surface area contributed by atoms with Gasteiger partial charge in [0.2, 0.25) is 0 Å². The molecule has 0 heterocycles. The molecule has 90 valence electrons. The maximum Gasteiger partial charge on any atom is 0.164 e. The molecule has 0 bridgehead atoms. The van der Waals surface area contributed by atoms with Crippen LogP contribution < -0.4 is 15.6 Å². The second-order valence-corrected chi connectivity index (χ2v) is 3.29. The third-order valence-corrected chi connectivity index (χ3v) is 2.47. The number of rotatable bonds is 5. The van der Waals surface area contributed by atoms with Gasteiger partial charge in [-0.15, -0.1) is 6.58 Å². The normalized spacial score (nSPS) is 9.19. The van der Waals surface area contributed by atoms with Crippen LogP contribution in [0.2, 0.25) is 0 Å². The van der Waals surface area contributed by atoms with Gasteiger partial charge in [0.05, 0.1) is 14.2 Å². The molecule has 1 aromatic rings. The highest BCUT2D eigenvalue weighted by Gasteiger charge is 2.12. The van der Waals surface area contributed by atoms with Crippen molar-refractivity contribution in [3.63, 3.8) is 0 Å². The van der Waals surface area contributed by atoms with Gasteiger partial charge in [0.15, 0.2) is 11.5 Å². The Morgan fingerprint density at radius 1 is 1.25 bits per heavy atom. The SMILES string of the molecule is C=CCc1c(CC)ccc(OC)c1OC.N. The van der Waals surface area contributed by atoms with Crippen molar-refractivity contribution in [2.45, 2.75) is 19.8 Å². The van der Waals surface area contributed by atoms with Crippen molar-refractivity contribution in [1.82, 2.24) is 6.15 Å². The monoisotopic (exact) mass is 223 g/mol. The molecule has 1 rings (SSSR count). The van der Waals surface area contributed by atoms with Gasteiger partial charge >= 0.3 is 0 Å². The molecule has 0 amide bonds. The molecule has 0 saturated heterocycles. The summed E-state index contributed by atoms with van der Waals surface area (Å²) in [4.78, 5) is 0. The van der Waals surface area contributed by atoms with Crippen LogP contribution >= 0.6 is 0 Å². The zero-order valence-electron chi connectivity index (χ0n) is 10.4. The number of allylic oxidation sites excluding steroid dienone is 1. The van der Waals surface area contributed by atoms with E-state index in [9.17, 15) is 0 Å². The van der Waals surface area contributed by atoms with Crippen LogP contribution in [0.3, 0.4) is 0 Å². The molecule has 1 aromatic carbocycles. The zero-order chi connectivity index (χ0) is 11.3. The zero-order valence-corrected chi connectivity index (χ0v) is 10.4. The van der Waals surface area contributed by atoms with Gasteiger partial charge in [-0.3, -0.25) is 0 Å². The molecule has 0 saturated carbocycles. The van der Waals surface area contributed by atoms with Crippen molar-refractivity contribution < 1.29 is 9.47 Å². The van der Waals surface area contributed by atoms with E-state index in [0.717, 1.165) is 24.3 Å². The van der Waals surface area contributed by atoms with E-state index >= 15 is 0 Å². The third-order valence-electron chi connectivity index (χ3n) is 2.47. The van der Waals surface area contributed by atoms with Crippen LogP contribution in [0, 0.1) is 0 Å². The summed E-state index contributed by atoms with van der Waals surface area (Å²) in [5.74, 6) is 1.61. The molecule has 16 heavy (non-hydrogen) atoms. The van der Waals surface area contributed by atoms with E-state index < -0.39 is 0 Å². The lowest BCUT2D eigenvalue weighted by molar-refractivity contribution is 0.352. The minimum Gasteiger partial charge on any atom is -0.493 e. The first-order valence-corrected chi connectivity index (χ1v) is 5.12. The molecule has 0 aliphatic carbocycles. The number of aryl methyl sites for hydroxylation is 1. The van der Waals surface area contributed by atoms with Crippen LogP contribution in [-0.4, -0.2) is 14.2 Å². The van der Waals surface area contributed by atoms with Crippen LogP contribution in [0.1, 0.15) is 18.1 Å². The molecule has 0 aliphatic heterocycles. The smallest absolute Gasteiger partial charge is 0.164 e. The molecular weight excluding hydrogens is 202 g/mol. The fourth-order valence-electron chi connectivity index (χ4n) is 1.73. The van der Waals surface area contributed by atoms with Crippen LogP contribution in [0.4, 0.5) is 0 Å². The van der Waals surface area contributed by atoms with Crippen molar-refractivity contribution >= 4 is 0 Å². The Morgan fingerprint density at radius 3 is 2.38 bits per heavy atom. The van der Waals surface area contributed by atoms with Gasteiger partial charge in [-0.05, 0) is 24.5 Å². The second-order valence-electron chi connectivity index (χ2n) is 3.29. The lowest BCUT2D eigenvalue weighted by Crippen LogP contribution is -1.99. The number of ether oxygens (including phenoxy) is 2. The topological polar surface area (TPSA) is 53.5 Å². The molecule has 3 nitrogen and oxygen atoms in total. The van der Waals surface area contributed by atoms with Gasteiger partial charge in [-0.1, -0.05) is 19.1 Å². The molecule has 0 atom stereocenters. The van der Waals surface area contributed by atoms with Crippen LogP contribution in [0.15, 0.2) is 24.8 Å². The van der Waals surface area contributed by atoms with E-state index in [2.05, 4.69) is 19.6 Å². The standard InChI is InChI=1S/C13H18O2.H3N/c1-5-7-11-10(6-2)8-9-12(14-3)13(11)15-4;/h5,8-9H,1,6-7H2,2-4H3;1H3. The predicted octanol–water partition coefficient (Wildman–Crippen LogP) is 3.16. The summed E-state index contributed by atoms with van der Waals surface area (Å²) in [6.07, 6.45) is 3.68. The summed E-state index contributed by atoms with van der Waals surface area (Å²) in [5, 5.41) is 0. The Balaban J connectivity index is 0.00000225. The quantitative estimate of drug-likeness (QED) is 0.780. The van der Waals surface area contributed by atoms with Crippen LogP contribution in [-0.2, 0) is 12.8 Å². The highest BCUT2D eigenvalue weighted by Crippen LogP contribution is 2.34. The van der Waals surface area contributed by atoms with Crippen molar-refractivity contribution in [1.29, 1.82) is 0 Å². The first-order valence-electron chi connectivity index (χ1n) is 5.12. The number of benzene rings is 1. The molecule has 0 fully saturated rings. The summed E-state index contributed by atoms with van der Waals surface area (Å²) in [5.41, 5.74) is 2.46. The Labute approximate surface area is 97.7 Å². The summed E-state index contributed by atoms with van der Waals surface area (Å²) >= 11 is 0. The summed E-state index contributed by atoms with van der Waals surface area (Å²) in [7, 11) is 3.32. The van der Waals surface area contributed by atoms with E-state index in [1.54, 1.807) is 14.2 Å². The van der Waals surface area contributed by atoms with E-state index in [-0.39, 0.29) is 6.15 Å². The van der Waals surface area contributed by atoms with Gasteiger partial charge in [-0.25, -0.2) is 0 Å². The third kappa shape index (κ3) is 2.76. The number of hydrogen-bond acceptors (Lipinski definition) is 3. The Hall–Kier alpha value is -1.48.